The third-order valence-electron chi connectivity index (χ3n) is 3.99. The van der Waals surface area contributed by atoms with E-state index in [1.807, 2.05) is 18.2 Å². The van der Waals surface area contributed by atoms with Crippen LogP contribution in [0.5, 0.6) is 5.75 Å². The summed E-state index contributed by atoms with van der Waals surface area (Å²) in [6.45, 7) is 5.81. The van der Waals surface area contributed by atoms with E-state index in [1.165, 1.54) is 0 Å². The van der Waals surface area contributed by atoms with Crippen LogP contribution in [0.1, 0.15) is 22.3 Å². The predicted molar refractivity (Wildman–Crippen MR) is 79.9 cm³/mol. The molecular weight excluding hydrogens is 268 g/mol. The quantitative estimate of drug-likeness (QED) is 0.901. The highest BCUT2D eigenvalue weighted by Crippen LogP contribution is 2.25. The van der Waals surface area contributed by atoms with Gasteiger partial charge in [0.25, 0.3) is 5.91 Å². The van der Waals surface area contributed by atoms with Crippen molar-refractivity contribution in [1.29, 1.82) is 0 Å². The summed E-state index contributed by atoms with van der Waals surface area (Å²) in [6.07, 6.45) is 2.01. The van der Waals surface area contributed by atoms with Crippen molar-refractivity contribution in [2.24, 2.45) is 0 Å². The average Bonchev–Trinajstić information content (AvgIpc) is 2.55. The van der Waals surface area contributed by atoms with Crippen LogP contribution in [0.15, 0.2) is 18.2 Å². The molecule has 0 atom stereocenters. The molecule has 1 aromatic carbocycles. The lowest BCUT2D eigenvalue weighted by molar-refractivity contribution is 0.0383. The third kappa shape index (κ3) is 3.74. The molecule has 0 spiro atoms. The molecule has 0 bridgehead atoms. The molecule has 1 saturated heterocycles. The van der Waals surface area contributed by atoms with E-state index in [2.05, 4.69) is 10.2 Å². The molecule has 1 aromatic rings. The lowest BCUT2D eigenvalue weighted by atomic mass is 10.0. The molecule has 5 nitrogen and oxygen atoms in total. The van der Waals surface area contributed by atoms with Gasteiger partial charge in [-0.05, 0) is 36.6 Å². The SMILES string of the molecule is O=C(NCCN1CCOCC1)c1ccc2c(c1)CCCO2. The number of aryl methyl sites for hydroxylation is 1. The van der Waals surface area contributed by atoms with Gasteiger partial charge in [-0.2, -0.15) is 0 Å². The van der Waals surface area contributed by atoms with E-state index >= 15 is 0 Å². The summed E-state index contributed by atoms with van der Waals surface area (Å²) >= 11 is 0. The largest absolute Gasteiger partial charge is 0.493 e. The van der Waals surface area contributed by atoms with Gasteiger partial charge in [-0.1, -0.05) is 0 Å². The normalized spacial score (nSPS) is 18.7. The fraction of sp³-hybridized carbons (Fsp3) is 0.562. The number of hydrogen-bond donors (Lipinski definition) is 1. The Morgan fingerprint density at radius 1 is 1.24 bits per heavy atom. The van der Waals surface area contributed by atoms with Crippen molar-refractivity contribution in [2.75, 3.05) is 46.0 Å². The van der Waals surface area contributed by atoms with Gasteiger partial charge in [-0.15, -0.1) is 0 Å². The number of ether oxygens (including phenoxy) is 2. The van der Waals surface area contributed by atoms with E-state index in [9.17, 15) is 4.79 Å². The van der Waals surface area contributed by atoms with Crippen molar-refractivity contribution in [2.45, 2.75) is 12.8 Å². The van der Waals surface area contributed by atoms with E-state index in [-0.39, 0.29) is 5.91 Å². The number of carbonyl (C=O) groups is 1. The molecule has 0 unspecified atom stereocenters. The average molecular weight is 290 g/mol. The Morgan fingerprint density at radius 2 is 2.10 bits per heavy atom. The maximum atomic E-state index is 12.2. The van der Waals surface area contributed by atoms with Crippen molar-refractivity contribution >= 4 is 5.91 Å². The zero-order chi connectivity index (χ0) is 14.5. The summed E-state index contributed by atoms with van der Waals surface area (Å²) < 4.78 is 10.9. The van der Waals surface area contributed by atoms with Gasteiger partial charge in [0, 0.05) is 31.7 Å². The predicted octanol–water partition coefficient (Wildman–Crippen LogP) is 1.07. The Labute approximate surface area is 125 Å². The molecule has 0 aromatic heterocycles. The molecular formula is C16H22N2O3. The molecule has 3 rings (SSSR count). The first kappa shape index (κ1) is 14.4. The maximum absolute atomic E-state index is 12.2. The Morgan fingerprint density at radius 3 is 2.95 bits per heavy atom. The van der Waals surface area contributed by atoms with Crippen molar-refractivity contribution in [1.82, 2.24) is 10.2 Å². The highest BCUT2D eigenvalue weighted by Gasteiger charge is 2.14. The van der Waals surface area contributed by atoms with Crippen LogP contribution in [0.2, 0.25) is 0 Å². The number of morpholine rings is 1. The number of carbonyl (C=O) groups excluding carboxylic acids is 1. The van der Waals surface area contributed by atoms with E-state index in [4.69, 9.17) is 9.47 Å². The summed E-state index contributed by atoms with van der Waals surface area (Å²) in [6, 6.07) is 5.71. The van der Waals surface area contributed by atoms with Gasteiger partial charge in [0.1, 0.15) is 5.75 Å². The van der Waals surface area contributed by atoms with Gasteiger partial charge in [-0.3, -0.25) is 9.69 Å². The molecule has 0 saturated carbocycles. The minimum absolute atomic E-state index is 0.00312. The topological polar surface area (TPSA) is 50.8 Å². The summed E-state index contributed by atoms with van der Waals surface area (Å²) in [5.74, 6) is 0.919. The van der Waals surface area contributed by atoms with Gasteiger partial charge in [-0.25, -0.2) is 0 Å². The fourth-order valence-electron chi connectivity index (χ4n) is 2.76. The Balaban J connectivity index is 1.50. The van der Waals surface area contributed by atoms with Crippen LogP contribution in [0.4, 0.5) is 0 Å². The second-order valence-corrected chi connectivity index (χ2v) is 5.48. The molecule has 5 heteroatoms. The summed E-state index contributed by atoms with van der Waals surface area (Å²) in [5.41, 5.74) is 1.86. The number of nitrogens with one attached hydrogen (secondary N) is 1. The van der Waals surface area contributed by atoms with Gasteiger partial charge in [0.2, 0.25) is 0 Å². The van der Waals surface area contributed by atoms with E-state index in [0.29, 0.717) is 6.54 Å². The molecule has 0 aliphatic carbocycles. The molecule has 2 aliphatic heterocycles. The van der Waals surface area contributed by atoms with Gasteiger partial charge < -0.3 is 14.8 Å². The Bertz CT molecular complexity index is 498. The molecule has 0 radical (unpaired) electrons. The van der Waals surface area contributed by atoms with Crippen molar-refractivity contribution < 1.29 is 14.3 Å². The zero-order valence-electron chi connectivity index (χ0n) is 12.3. The number of rotatable bonds is 4. The number of amides is 1. The molecule has 1 amide bonds. The van der Waals surface area contributed by atoms with Gasteiger partial charge in [0.05, 0.1) is 19.8 Å². The van der Waals surface area contributed by atoms with Gasteiger partial charge >= 0.3 is 0 Å². The minimum Gasteiger partial charge on any atom is -0.493 e. The minimum atomic E-state index is -0.00312. The van der Waals surface area contributed by atoms with Crippen LogP contribution in [-0.2, 0) is 11.2 Å². The lowest BCUT2D eigenvalue weighted by Gasteiger charge is -2.26. The summed E-state index contributed by atoms with van der Waals surface area (Å²) in [4.78, 5) is 14.5. The van der Waals surface area contributed by atoms with E-state index < -0.39 is 0 Å². The van der Waals surface area contributed by atoms with Crippen LogP contribution >= 0.6 is 0 Å². The highest BCUT2D eigenvalue weighted by atomic mass is 16.5. The second kappa shape index (κ2) is 6.91. The van der Waals surface area contributed by atoms with Crippen molar-refractivity contribution in [3.8, 4) is 5.75 Å². The molecule has 21 heavy (non-hydrogen) atoms. The molecule has 2 heterocycles. The number of hydrogen-bond acceptors (Lipinski definition) is 4. The van der Waals surface area contributed by atoms with Crippen LogP contribution < -0.4 is 10.1 Å². The fourth-order valence-corrected chi connectivity index (χ4v) is 2.76. The summed E-state index contributed by atoms with van der Waals surface area (Å²) in [5, 5.41) is 2.99. The van der Waals surface area contributed by atoms with Crippen molar-refractivity contribution in [3.63, 3.8) is 0 Å². The van der Waals surface area contributed by atoms with Gasteiger partial charge in [0.15, 0.2) is 0 Å². The molecule has 1 N–H and O–H groups in total. The highest BCUT2D eigenvalue weighted by molar-refractivity contribution is 5.94. The first-order valence-corrected chi connectivity index (χ1v) is 7.67. The van der Waals surface area contributed by atoms with Crippen LogP contribution in [0.25, 0.3) is 0 Å². The second-order valence-electron chi connectivity index (χ2n) is 5.48. The van der Waals surface area contributed by atoms with Crippen LogP contribution in [0.3, 0.4) is 0 Å². The first-order valence-electron chi connectivity index (χ1n) is 7.67. The number of benzene rings is 1. The Kier molecular flexibility index (Phi) is 4.72. The smallest absolute Gasteiger partial charge is 0.251 e. The Hall–Kier alpha value is -1.59. The van der Waals surface area contributed by atoms with Crippen LogP contribution in [-0.4, -0.2) is 56.8 Å². The van der Waals surface area contributed by atoms with E-state index in [1.54, 1.807) is 0 Å². The van der Waals surface area contributed by atoms with Crippen molar-refractivity contribution in [3.05, 3.63) is 29.3 Å². The monoisotopic (exact) mass is 290 g/mol. The third-order valence-corrected chi connectivity index (χ3v) is 3.99. The van der Waals surface area contributed by atoms with Crippen LogP contribution in [0, 0.1) is 0 Å². The maximum Gasteiger partial charge on any atom is 0.251 e. The lowest BCUT2D eigenvalue weighted by Crippen LogP contribution is -2.41. The molecule has 114 valence electrons. The summed E-state index contributed by atoms with van der Waals surface area (Å²) in [7, 11) is 0. The molecule has 2 aliphatic rings. The molecule has 1 fully saturated rings. The zero-order valence-corrected chi connectivity index (χ0v) is 12.3. The first-order chi connectivity index (χ1) is 10.3. The number of nitrogens with zero attached hydrogens (tertiary/aromatic N) is 1. The standard InChI is InChI=1S/C16H22N2O3/c19-16(17-5-6-18-7-10-20-11-8-18)14-3-4-15-13(12-14)2-1-9-21-15/h3-4,12H,1-2,5-11H2,(H,17,19). The van der Waals surface area contributed by atoms with E-state index in [0.717, 1.165) is 69.2 Å². The number of fused-ring (bicyclic) bond motifs is 1.